The zero-order valence-electron chi connectivity index (χ0n) is 19.6. The molecular formula is C25H30Cl4O2STi-2. The SMILES string of the molecule is CC(C)(C)c1cc(Cl)ccc1O.CC(C)(C)c1cc(Cl)ccc1O.[Cl-].[Cl-].[Ti]=[CH]c1cccs1. The van der Waals surface area contributed by atoms with E-state index in [0.29, 0.717) is 21.5 Å². The molecular weight excluding hydrogens is 554 g/mol. The van der Waals surface area contributed by atoms with Crippen molar-refractivity contribution in [3.05, 3.63) is 80.0 Å². The molecule has 8 heteroatoms. The van der Waals surface area contributed by atoms with Crippen molar-refractivity contribution < 1.29 is 55.0 Å². The van der Waals surface area contributed by atoms with Gasteiger partial charge in [-0.15, -0.1) is 0 Å². The van der Waals surface area contributed by atoms with Crippen molar-refractivity contribution in [2.24, 2.45) is 0 Å². The molecule has 33 heavy (non-hydrogen) atoms. The summed E-state index contributed by atoms with van der Waals surface area (Å²) in [5.74, 6) is 0.624. The van der Waals surface area contributed by atoms with Gasteiger partial charge in [0.15, 0.2) is 0 Å². The van der Waals surface area contributed by atoms with Crippen molar-refractivity contribution in [3.63, 3.8) is 0 Å². The van der Waals surface area contributed by atoms with Crippen LogP contribution >= 0.6 is 34.5 Å². The molecule has 1 aromatic heterocycles. The predicted octanol–water partition coefficient (Wildman–Crippen LogP) is 2.14. The Kier molecular flexibility index (Phi) is 16.2. The molecule has 0 atom stereocenters. The Bertz CT molecular complexity index is 918. The van der Waals surface area contributed by atoms with Gasteiger partial charge in [0.25, 0.3) is 0 Å². The zero-order chi connectivity index (χ0) is 23.8. The number of hydrogen-bond donors (Lipinski definition) is 2. The van der Waals surface area contributed by atoms with E-state index in [-0.39, 0.29) is 35.6 Å². The van der Waals surface area contributed by atoms with E-state index in [4.69, 9.17) is 23.2 Å². The predicted molar refractivity (Wildman–Crippen MR) is 133 cm³/mol. The van der Waals surface area contributed by atoms with E-state index in [1.165, 1.54) is 4.88 Å². The molecule has 0 aliphatic rings. The molecule has 1 heterocycles. The summed E-state index contributed by atoms with van der Waals surface area (Å²) in [5.41, 5.74) is 1.65. The summed E-state index contributed by atoms with van der Waals surface area (Å²) < 4.78 is 2.10. The van der Waals surface area contributed by atoms with E-state index in [1.54, 1.807) is 47.7 Å². The molecule has 3 aromatic rings. The number of rotatable bonds is 1. The van der Waals surface area contributed by atoms with Crippen molar-refractivity contribution in [3.8, 4) is 11.5 Å². The van der Waals surface area contributed by atoms with Gasteiger partial charge in [0.05, 0.1) is 0 Å². The summed E-state index contributed by atoms with van der Waals surface area (Å²) in [6, 6.07) is 14.4. The first kappa shape index (κ1) is 34.7. The first-order valence-corrected chi connectivity index (χ1v) is 12.3. The molecule has 182 valence electrons. The topological polar surface area (TPSA) is 40.5 Å². The van der Waals surface area contributed by atoms with Crippen LogP contribution < -0.4 is 24.8 Å². The quantitative estimate of drug-likeness (QED) is 0.431. The molecule has 3 rings (SSSR count). The second-order valence-corrected chi connectivity index (χ2v) is 11.3. The first-order valence-electron chi connectivity index (χ1n) is 9.77. The third-order valence-electron chi connectivity index (χ3n) is 4.22. The maximum absolute atomic E-state index is 9.51. The number of phenolic OH excluding ortho intramolecular Hbond substituents is 2. The van der Waals surface area contributed by atoms with Crippen LogP contribution in [0.2, 0.25) is 10.0 Å². The fraction of sp³-hybridized carbons (Fsp3) is 0.320. The molecule has 0 aliphatic carbocycles. The van der Waals surface area contributed by atoms with E-state index in [1.807, 2.05) is 61.5 Å². The van der Waals surface area contributed by atoms with Gasteiger partial charge >= 0.3 is 58.0 Å². The van der Waals surface area contributed by atoms with Gasteiger partial charge in [-0.1, -0.05) is 64.7 Å². The molecule has 0 fully saturated rings. The number of hydrogen-bond acceptors (Lipinski definition) is 3. The maximum atomic E-state index is 9.51. The normalized spacial score (nSPS) is 10.3. The summed E-state index contributed by atoms with van der Waals surface area (Å²) in [4.78, 5) is 1.35. The van der Waals surface area contributed by atoms with Crippen LogP contribution in [0.25, 0.3) is 0 Å². The van der Waals surface area contributed by atoms with Crippen LogP contribution in [-0.4, -0.2) is 14.5 Å². The van der Waals surface area contributed by atoms with E-state index in [9.17, 15) is 10.2 Å². The average Bonchev–Trinajstić information content (AvgIpc) is 3.19. The summed E-state index contributed by atoms with van der Waals surface area (Å²) in [6.45, 7) is 12.2. The Hall–Kier alpha value is -0.516. The summed E-state index contributed by atoms with van der Waals surface area (Å²) in [5, 5.41) is 22.4. The first-order chi connectivity index (χ1) is 14.3. The number of aromatic hydroxyl groups is 2. The van der Waals surface area contributed by atoms with Gasteiger partial charge in [-0.2, -0.15) is 0 Å². The molecule has 0 aliphatic heterocycles. The molecule has 0 amide bonds. The van der Waals surface area contributed by atoms with Gasteiger partial charge in [-0.05, 0) is 47.2 Å². The molecule has 0 spiro atoms. The van der Waals surface area contributed by atoms with E-state index in [2.05, 4.69) is 21.8 Å². The van der Waals surface area contributed by atoms with Gasteiger partial charge in [0, 0.05) is 21.2 Å². The second kappa shape index (κ2) is 15.5. The standard InChI is InChI=1S/2C10H13ClO.C5H4S.2ClH.Ti/c2*1-10(2,3)8-6-7(11)4-5-9(8)12;1-5-3-2-4-6-5;;;/h2*4-6,12H,1-3H3;1-4H;2*1H;/p-2. The molecule has 0 saturated carbocycles. The summed E-state index contributed by atoms with van der Waals surface area (Å²) in [6.07, 6.45) is 0. The van der Waals surface area contributed by atoms with Gasteiger partial charge in [-0.3, -0.25) is 0 Å². The van der Waals surface area contributed by atoms with Crippen molar-refractivity contribution in [1.82, 2.24) is 0 Å². The van der Waals surface area contributed by atoms with Crippen LogP contribution in [0.5, 0.6) is 11.5 Å². The van der Waals surface area contributed by atoms with Crippen LogP contribution in [0, 0.1) is 0 Å². The Labute approximate surface area is 236 Å². The van der Waals surface area contributed by atoms with Crippen molar-refractivity contribution in [2.75, 3.05) is 0 Å². The molecule has 2 aromatic carbocycles. The van der Waals surface area contributed by atoms with Crippen LogP contribution in [0.4, 0.5) is 0 Å². The van der Waals surface area contributed by atoms with E-state index >= 15 is 0 Å². The van der Waals surface area contributed by atoms with Crippen LogP contribution in [-0.2, 0) is 30.8 Å². The minimum atomic E-state index is -0.0605. The Balaban J connectivity index is 0. The Morgan fingerprint density at radius 3 is 1.36 bits per heavy atom. The van der Waals surface area contributed by atoms with Crippen molar-refractivity contribution >= 4 is 38.9 Å². The molecule has 2 nitrogen and oxygen atoms in total. The monoisotopic (exact) mass is 582 g/mol. The second-order valence-electron chi connectivity index (χ2n) is 8.98. The molecule has 0 unspecified atom stereocenters. The zero-order valence-corrected chi connectivity index (χ0v) is 25.0. The number of thiophene rings is 1. The van der Waals surface area contributed by atoms with E-state index in [0.717, 1.165) is 11.1 Å². The fourth-order valence-corrected chi connectivity index (χ4v) is 3.94. The Morgan fingerprint density at radius 2 is 1.15 bits per heavy atom. The number of benzene rings is 2. The fourth-order valence-electron chi connectivity index (χ4n) is 2.59. The van der Waals surface area contributed by atoms with Crippen LogP contribution in [0.1, 0.15) is 57.5 Å². The third-order valence-corrected chi connectivity index (χ3v) is 6.32. The van der Waals surface area contributed by atoms with Crippen LogP contribution in [0.15, 0.2) is 53.9 Å². The van der Waals surface area contributed by atoms with Gasteiger partial charge in [0.2, 0.25) is 0 Å². The number of halogens is 4. The van der Waals surface area contributed by atoms with Crippen molar-refractivity contribution in [1.29, 1.82) is 0 Å². The van der Waals surface area contributed by atoms with Crippen LogP contribution in [0.3, 0.4) is 0 Å². The third kappa shape index (κ3) is 12.7. The molecule has 0 saturated heterocycles. The van der Waals surface area contributed by atoms with E-state index < -0.39 is 0 Å². The molecule has 2 N–H and O–H groups in total. The van der Waals surface area contributed by atoms with Gasteiger partial charge in [-0.25, -0.2) is 0 Å². The van der Waals surface area contributed by atoms with Gasteiger partial charge in [0.1, 0.15) is 11.5 Å². The average molecular weight is 584 g/mol. The molecule has 0 bridgehead atoms. The number of phenols is 2. The summed E-state index contributed by atoms with van der Waals surface area (Å²) in [7, 11) is 0. The van der Waals surface area contributed by atoms with Crippen molar-refractivity contribution in [2.45, 2.75) is 52.4 Å². The Morgan fingerprint density at radius 1 is 0.758 bits per heavy atom. The van der Waals surface area contributed by atoms with Gasteiger partial charge < -0.3 is 35.0 Å². The molecule has 0 radical (unpaired) electrons. The summed E-state index contributed by atoms with van der Waals surface area (Å²) >= 11 is 15.4. The minimum absolute atomic E-state index is 0.